The van der Waals surface area contributed by atoms with Crippen molar-refractivity contribution < 1.29 is 8.78 Å². The van der Waals surface area contributed by atoms with E-state index in [4.69, 9.17) is 5.84 Å². The Balaban J connectivity index is 2.88. The zero-order valence-electron chi connectivity index (χ0n) is 10.6. The van der Waals surface area contributed by atoms with Crippen molar-refractivity contribution in [2.45, 2.75) is 39.7 Å². The number of rotatable bonds is 5. The maximum absolute atomic E-state index is 13.1. The van der Waals surface area contributed by atoms with Gasteiger partial charge in [0.15, 0.2) is 0 Å². The summed E-state index contributed by atoms with van der Waals surface area (Å²) in [6.45, 7) is 6.22. The van der Waals surface area contributed by atoms with Crippen molar-refractivity contribution in [1.29, 1.82) is 0 Å². The Hall–Kier alpha value is -1.00. The fourth-order valence-electron chi connectivity index (χ4n) is 1.77. The van der Waals surface area contributed by atoms with Crippen LogP contribution in [0.2, 0.25) is 0 Å². The molecule has 0 saturated heterocycles. The Kier molecular flexibility index (Phi) is 4.60. The molecule has 0 aliphatic heterocycles. The van der Waals surface area contributed by atoms with Gasteiger partial charge in [-0.05, 0) is 36.0 Å². The molecule has 0 bridgehead atoms. The number of nitrogens with two attached hydrogens (primary N) is 1. The van der Waals surface area contributed by atoms with Crippen LogP contribution in [0.15, 0.2) is 18.2 Å². The summed E-state index contributed by atoms with van der Waals surface area (Å²) >= 11 is 0. The van der Waals surface area contributed by atoms with Crippen LogP contribution in [0.1, 0.15) is 32.8 Å². The van der Waals surface area contributed by atoms with E-state index in [2.05, 4.69) is 26.2 Å². The van der Waals surface area contributed by atoms with Crippen LogP contribution in [0, 0.1) is 17.0 Å². The molecule has 0 fully saturated rings. The lowest BCUT2D eigenvalue weighted by atomic mass is 9.79. The molecule has 0 aliphatic carbocycles. The summed E-state index contributed by atoms with van der Waals surface area (Å²) in [4.78, 5) is 0. The number of benzene rings is 1. The molecule has 2 nitrogen and oxygen atoms in total. The zero-order valence-corrected chi connectivity index (χ0v) is 10.6. The molecular formula is C13H20F2N2. The van der Waals surface area contributed by atoms with Gasteiger partial charge in [0.25, 0.3) is 0 Å². The highest BCUT2D eigenvalue weighted by atomic mass is 19.1. The first-order chi connectivity index (χ1) is 7.89. The monoisotopic (exact) mass is 242 g/mol. The minimum absolute atomic E-state index is 0.0197. The van der Waals surface area contributed by atoms with E-state index >= 15 is 0 Å². The van der Waals surface area contributed by atoms with Crippen molar-refractivity contribution in [3.63, 3.8) is 0 Å². The normalized spacial score (nSPS) is 13.8. The van der Waals surface area contributed by atoms with Crippen LogP contribution in [0.5, 0.6) is 0 Å². The lowest BCUT2D eigenvalue weighted by molar-refractivity contribution is 0.231. The molecule has 1 atom stereocenters. The van der Waals surface area contributed by atoms with Crippen LogP contribution in [0.4, 0.5) is 8.78 Å². The summed E-state index contributed by atoms with van der Waals surface area (Å²) in [6.07, 6.45) is 1.44. The summed E-state index contributed by atoms with van der Waals surface area (Å²) in [6, 6.07) is 3.55. The van der Waals surface area contributed by atoms with E-state index < -0.39 is 11.6 Å². The molecule has 0 saturated carbocycles. The minimum Gasteiger partial charge on any atom is -0.271 e. The van der Waals surface area contributed by atoms with Crippen molar-refractivity contribution >= 4 is 0 Å². The van der Waals surface area contributed by atoms with Gasteiger partial charge in [0.2, 0.25) is 0 Å². The van der Waals surface area contributed by atoms with Gasteiger partial charge >= 0.3 is 0 Å². The van der Waals surface area contributed by atoms with Crippen LogP contribution in [-0.2, 0) is 6.42 Å². The van der Waals surface area contributed by atoms with Gasteiger partial charge in [-0.2, -0.15) is 0 Å². The molecule has 0 spiro atoms. The van der Waals surface area contributed by atoms with Gasteiger partial charge in [-0.1, -0.05) is 20.8 Å². The van der Waals surface area contributed by atoms with Crippen LogP contribution < -0.4 is 11.3 Å². The Morgan fingerprint density at radius 2 is 1.76 bits per heavy atom. The van der Waals surface area contributed by atoms with Gasteiger partial charge in [0, 0.05) is 12.1 Å². The maximum atomic E-state index is 13.1. The van der Waals surface area contributed by atoms with Crippen LogP contribution >= 0.6 is 0 Å². The highest BCUT2D eigenvalue weighted by Gasteiger charge is 2.27. The Bertz CT molecular complexity index is 357. The first-order valence-electron chi connectivity index (χ1n) is 5.80. The molecule has 0 amide bonds. The third-order valence-corrected chi connectivity index (χ3v) is 3.42. The van der Waals surface area contributed by atoms with E-state index in [9.17, 15) is 8.78 Å². The van der Waals surface area contributed by atoms with E-state index in [1.807, 2.05) is 0 Å². The summed E-state index contributed by atoms with van der Waals surface area (Å²) < 4.78 is 26.1. The molecule has 0 aromatic heterocycles. The van der Waals surface area contributed by atoms with Gasteiger partial charge in [-0.3, -0.25) is 11.3 Å². The summed E-state index contributed by atoms with van der Waals surface area (Å²) in [7, 11) is 0. The summed E-state index contributed by atoms with van der Waals surface area (Å²) in [5, 5.41) is 0. The molecule has 0 heterocycles. The van der Waals surface area contributed by atoms with E-state index in [1.165, 1.54) is 12.1 Å². The average molecular weight is 242 g/mol. The SMILES string of the molecule is CCC(C)(C)C(Cc1cc(F)cc(F)c1)NN. The standard InChI is InChI=1S/C13H20F2N2/c1-4-13(2,3)12(17-16)7-9-5-10(14)8-11(15)6-9/h5-6,8,12,17H,4,7,16H2,1-3H3. The maximum Gasteiger partial charge on any atom is 0.126 e. The molecular weight excluding hydrogens is 222 g/mol. The quantitative estimate of drug-likeness (QED) is 0.615. The van der Waals surface area contributed by atoms with Gasteiger partial charge in [0.1, 0.15) is 11.6 Å². The molecule has 4 heteroatoms. The topological polar surface area (TPSA) is 38.0 Å². The smallest absolute Gasteiger partial charge is 0.126 e. The molecule has 1 aromatic carbocycles. The highest BCUT2D eigenvalue weighted by Crippen LogP contribution is 2.27. The molecule has 96 valence electrons. The van der Waals surface area contributed by atoms with E-state index in [0.717, 1.165) is 12.5 Å². The Morgan fingerprint density at radius 1 is 1.24 bits per heavy atom. The zero-order chi connectivity index (χ0) is 13.1. The molecule has 3 N–H and O–H groups in total. The molecule has 0 aliphatic rings. The second kappa shape index (κ2) is 5.56. The van der Waals surface area contributed by atoms with Gasteiger partial charge < -0.3 is 0 Å². The molecule has 1 rings (SSSR count). The second-order valence-corrected chi connectivity index (χ2v) is 5.04. The molecule has 1 unspecified atom stereocenters. The van der Waals surface area contributed by atoms with Gasteiger partial charge in [0.05, 0.1) is 0 Å². The first-order valence-corrected chi connectivity index (χ1v) is 5.80. The number of nitrogens with one attached hydrogen (secondary N) is 1. The van der Waals surface area contributed by atoms with Crippen molar-refractivity contribution in [3.05, 3.63) is 35.4 Å². The van der Waals surface area contributed by atoms with E-state index in [1.54, 1.807) is 0 Å². The third-order valence-electron chi connectivity index (χ3n) is 3.42. The number of halogens is 2. The highest BCUT2D eigenvalue weighted by molar-refractivity contribution is 5.19. The fraction of sp³-hybridized carbons (Fsp3) is 0.538. The number of hydrazine groups is 1. The van der Waals surface area contributed by atoms with E-state index in [0.29, 0.717) is 12.0 Å². The lowest BCUT2D eigenvalue weighted by Gasteiger charge is -2.33. The lowest BCUT2D eigenvalue weighted by Crippen LogP contribution is -2.46. The summed E-state index contributed by atoms with van der Waals surface area (Å²) in [5.74, 6) is 4.42. The third kappa shape index (κ3) is 3.75. The Morgan fingerprint density at radius 3 is 2.18 bits per heavy atom. The van der Waals surface area contributed by atoms with E-state index in [-0.39, 0.29) is 11.5 Å². The van der Waals surface area contributed by atoms with Crippen LogP contribution in [0.25, 0.3) is 0 Å². The van der Waals surface area contributed by atoms with Crippen LogP contribution in [0.3, 0.4) is 0 Å². The van der Waals surface area contributed by atoms with Crippen LogP contribution in [-0.4, -0.2) is 6.04 Å². The summed E-state index contributed by atoms with van der Waals surface area (Å²) in [5.41, 5.74) is 3.32. The van der Waals surface area contributed by atoms with Crippen molar-refractivity contribution in [1.82, 2.24) is 5.43 Å². The number of hydrogen-bond donors (Lipinski definition) is 2. The largest absolute Gasteiger partial charge is 0.271 e. The van der Waals surface area contributed by atoms with Crippen molar-refractivity contribution in [2.24, 2.45) is 11.3 Å². The minimum atomic E-state index is -0.551. The first kappa shape index (κ1) is 14.1. The fourth-order valence-corrected chi connectivity index (χ4v) is 1.77. The van der Waals surface area contributed by atoms with Crippen molar-refractivity contribution in [2.75, 3.05) is 0 Å². The number of hydrogen-bond acceptors (Lipinski definition) is 2. The Labute approximate surface area is 101 Å². The predicted molar refractivity (Wildman–Crippen MR) is 65.2 cm³/mol. The predicted octanol–water partition coefficient (Wildman–Crippen LogP) is 2.78. The molecule has 17 heavy (non-hydrogen) atoms. The van der Waals surface area contributed by atoms with Gasteiger partial charge in [-0.25, -0.2) is 8.78 Å². The van der Waals surface area contributed by atoms with Gasteiger partial charge in [-0.15, -0.1) is 0 Å². The molecule has 1 aromatic rings. The van der Waals surface area contributed by atoms with Crippen molar-refractivity contribution in [3.8, 4) is 0 Å². The molecule has 0 radical (unpaired) electrons. The average Bonchev–Trinajstić information content (AvgIpc) is 2.24. The second-order valence-electron chi connectivity index (χ2n) is 5.04.